The highest BCUT2D eigenvalue weighted by atomic mass is 16.7. The van der Waals surface area contributed by atoms with Gasteiger partial charge in [0.1, 0.15) is 6.10 Å². The Kier molecular flexibility index (Phi) is 4.87. The Hall–Kier alpha value is -1.32. The first kappa shape index (κ1) is 11.8. The predicted molar refractivity (Wildman–Crippen MR) is 61.4 cm³/mol. The highest BCUT2D eigenvalue weighted by molar-refractivity contribution is 5.40. The van der Waals surface area contributed by atoms with Gasteiger partial charge in [0.2, 0.25) is 0 Å². The van der Waals surface area contributed by atoms with Crippen LogP contribution in [0.15, 0.2) is 43.0 Å². The molecule has 0 saturated heterocycles. The van der Waals surface area contributed by atoms with E-state index in [-0.39, 0.29) is 6.10 Å². The molecule has 1 unspecified atom stereocenters. The zero-order valence-corrected chi connectivity index (χ0v) is 8.89. The van der Waals surface area contributed by atoms with Gasteiger partial charge in [-0.25, -0.2) is 0 Å². The molecule has 0 aliphatic rings. The maximum atomic E-state index is 9.56. The summed E-state index contributed by atoms with van der Waals surface area (Å²) in [5.74, 6) is 0. The van der Waals surface area contributed by atoms with E-state index in [4.69, 9.17) is 4.84 Å². The van der Waals surface area contributed by atoms with Gasteiger partial charge in [0.25, 0.3) is 0 Å². The molecule has 0 saturated carbocycles. The Balaban J connectivity index is 2.34. The number of hydrogen-bond acceptors (Lipinski definition) is 3. The van der Waals surface area contributed by atoms with E-state index in [9.17, 15) is 5.11 Å². The molecule has 0 aliphatic heterocycles. The minimum Gasteiger partial charge on any atom is -0.390 e. The van der Waals surface area contributed by atoms with Gasteiger partial charge in [-0.1, -0.05) is 24.3 Å². The third-order valence-corrected chi connectivity index (χ3v) is 2.09. The Morgan fingerprint density at radius 3 is 2.73 bits per heavy atom. The van der Waals surface area contributed by atoms with Crippen LogP contribution >= 0.6 is 0 Å². The van der Waals surface area contributed by atoms with Gasteiger partial charge >= 0.3 is 0 Å². The van der Waals surface area contributed by atoms with Gasteiger partial charge in [0.05, 0.1) is 11.8 Å². The topological polar surface area (TPSA) is 41.5 Å². The summed E-state index contributed by atoms with van der Waals surface area (Å²) in [5, 5.41) is 9.56. The molecule has 0 fully saturated rings. The van der Waals surface area contributed by atoms with E-state index in [0.29, 0.717) is 6.42 Å². The highest BCUT2D eigenvalue weighted by Crippen LogP contribution is 2.08. The van der Waals surface area contributed by atoms with Crippen molar-refractivity contribution in [3.63, 3.8) is 0 Å². The number of rotatable bonds is 6. The Labute approximate surface area is 90.3 Å². The Morgan fingerprint density at radius 1 is 1.47 bits per heavy atom. The fourth-order valence-corrected chi connectivity index (χ4v) is 1.11. The van der Waals surface area contributed by atoms with E-state index in [1.54, 1.807) is 6.08 Å². The molecule has 3 heteroatoms. The van der Waals surface area contributed by atoms with Crippen molar-refractivity contribution in [3.05, 3.63) is 43.0 Å². The number of aliphatic hydroxyl groups is 1. The van der Waals surface area contributed by atoms with E-state index in [2.05, 4.69) is 12.1 Å². The molecular weight excluding hydrogens is 190 g/mol. The smallest absolute Gasteiger partial charge is 0.109 e. The Morgan fingerprint density at radius 2 is 2.13 bits per heavy atom. The highest BCUT2D eigenvalue weighted by Gasteiger charge is 2.13. The predicted octanol–water partition coefficient (Wildman–Crippen LogP) is 2.36. The standard InChI is InChI=1S/C12H17NO2/c1-3-7-12(14)10(2)15-13-11-8-5-4-6-9-11/h3-6,8-10,12-14H,1,7H2,2H3/t10-,12?/m1/s1. The number of nitrogens with one attached hydrogen (secondary N) is 1. The minimum atomic E-state index is -0.529. The summed E-state index contributed by atoms with van der Waals surface area (Å²) in [7, 11) is 0. The van der Waals surface area contributed by atoms with Crippen LogP contribution in [-0.2, 0) is 4.84 Å². The van der Waals surface area contributed by atoms with Crippen LogP contribution in [0.2, 0.25) is 0 Å². The zero-order chi connectivity index (χ0) is 11.1. The molecule has 0 aromatic heterocycles. The Bertz CT molecular complexity index is 287. The van der Waals surface area contributed by atoms with Crippen molar-refractivity contribution in [2.75, 3.05) is 5.48 Å². The van der Waals surface area contributed by atoms with Crippen LogP contribution in [0, 0.1) is 0 Å². The van der Waals surface area contributed by atoms with Crippen LogP contribution in [-0.4, -0.2) is 17.3 Å². The first-order valence-electron chi connectivity index (χ1n) is 4.99. The number of aliphatic hydroxyl groups excluding tert-OH is 1. The van der Waals surface area contributed by atoms with Crippen LogP contribution < -0.4 is 5.48 Å². The second kappa shape index (κ2) is 6.22. The van der Waals surface area contributed by atoms with Gasteiger partial charge in [-0.3, -0.25) is 10.3 Å². The van der Waals surface area contributed by atoms with E-state index < -0.39 is 6.10 Å². The van der Waals surface area contributed by atoms with Gasteiger partial charge in [0, 0.05) is 0 Å². The number of anilines is 1. The van der Waals surface area contributed by atoms with Crippen LogP contribution in [0.3, 0.4) is 0 Å². The lowest BCUT2D eigenvalue weighted by molar-refractivity contribution is 0.000565. The molecule has 1 rings (SSSR count). The summed E-state index contributed by atoms with van der Waals surface area (Å²) >= 11 is 0. The molecule has 3 nitrogen and oxygen atoms in total. The van der Waals surface area contributed by atoms with Crippen LogP contribution in [0.4, 0.5) is 5.69 Å². The first-order chi connectivity index (χ1) is 7.24. The molecule has 82 valence electrons. The van der Waals surface area contributed by atoms with Crippen LogP contribution in [0.1, 0.15) is 13.3 Å². The summed E-state index contributed by atoms with van der Waals surface area (Å²) in [6.45, 7) is 5.38. The van der Waals surface area contributed by atoms with E-state index in [1.165, 1.54) is 0 Å². The van der Waals surface area contributed by atoms with Crippen molar-refractivity contribution in [3.8, 4) is 0 Å². The third-order valence-electron chi connectivity index (χ3n) is 2.09. The normalized spacial score (nSPS) is 14.3. The number of benzene rings is 1. The summed E-state index contributed by atoms with van der Waals surface area (Å²) in [5.41, 5.74) is 3.66. The molecule has 0 heterocycles. The van der Waals surface area contributed by atoms with Crippen molar-refractivity contribution >= 4 is 5.69 Å². The van der Waals surface area contributed by atoms with E-state index >= 15 is 0 Å². The minimum absolute atomic E-state index is 0.275. The maximum Gasteiger partial charge on any atom is 0.109 e. The summed E-state index contributed by atoms with van der Waals surface area (Å²) in [6.07, 6.45) is 1.40. The van der Waals surface area contributed by atoms with Crippen molar-refractivity contribution in [1.82, 2.24) is 0 Å². The molecule has 2 N–H and O–H groups in total. The largest absolute Gasteiger partial charge is 0.390 e. The fraction of sp³-hybridized carbons (Fsp3) is 0.333. The molecule has 0 bridgehead atoms. The van der Waals surface area contributed by atoms with Crippen molar-refractivity contribution < 1.29 is 9.94 Å². The molecule has 0 spiro atoms. The average molecular weight is 207 g/mol. The molecule has 1 aromatic rings. The van der Waals surface area contributed by atoms with Crippen LogP contribution in [0.5, 0.6) is 0 Å². The van der Waals surface area contributed by atoms with Crippen molar-refractivity contribution in [2.24, 2.45) is 0 Å². The molecule has 2 atom stereocenters. The second-order valence-corrected chi connectivity index (χ2v) is 3.38. The van der Waals surface area contributed by atoms with Crippen molar-refractivity contribution in [1.29, 1.82) is 0 Å². The fourth-order valence-electron chi connectivity index (χ4n) is 1.11. The molecule has 0 radical (unpaired) electrons. The first-order valence-corrected chi connectivity index (χ1v) is 4.99. The van der Waals surface area contributed by atoms with Gasteiger partial charge in [-0.05, 0) is 25.5 Å². The number of para-hydroxylation sites is 1. The van der Waals surface area contributed by atoms with Gasteiger partial charge in [0.15, 0.2) is 0 Å². The summed E-state index contributed by atoms with van der Waals surface area (Å²) < 4.78 is 0. The second-order valence-electron chi connectivity index (χ2n) is 3.38. The SMILES string of the molecule is C=CCC(O)[C@@H](C)ONc1ccccc1. The van der Waals surface area contributed by atoms with E-state index in [0.717, 1.165) is 5.69 Å². The van der Waals surface area contributed by atoms with Crippen molar-refractivity contribution in [2.45, 2.75) is 25.6 Å². The van der Waals surface area contributed by atoms with Gasteiger partial charge in [-0.15, -0.1) is 6.58 Å². The summed E-state index contributed by atoms with van der Waals surface area (Å²) in [6, 6.07) is 9.55. The van der Waals surface area contributed by atoms with E-state index in [1.807, 2.05) is 37.3 Å². The molecule has 15 heavy (non-hydrogen) atoms. The molecule has 1 aromatic carbocycles. The number of hydrogen-bond donors (Lipinski definition) is 2. The summed E-state index contributed by atoms with van der Waals surface area (Å²) in [4.78, 5) is 5.29. The maximum absolute atomic E-state index is 9.56. The lowest BCUT2D eigenvalue weighted by atomic mass is 10.2. The molecular formula is C12H17NO2. The average Bonchev–Trinajstić information content (AvgIpc) is 2.27. The monoisotopic (exact) mass is 207 g/mol. The lowest BCUT2D eigenvalue weighted by Crippen LogP contribution is -2.27. The lowest BCUT2D eigenvalue weighted by Gasteiger charge is -2.18. The quantitative estimate of drug-likeness (QED) is 0.555. The third kappa shape index (κ3) is 4.14. The van der Waals surface area contributed by atoms with Gasteiger partial charge < -0.3 is 5.11 Å². The molecule has 0 amide bonds. The zero-order valence-electron chi connectivity index (χ0n) is 8.89. The van der Waals surface area contributed by atoms with Gasteiger partial charge in [-0.2, -0.15) is 0 Å². The van der Waals surface area contributed by atoms with Crippen LogP contribution in [0.25, 0.3) is 0 Å². The molecule has 0 aliphatic carbocycles.